The Kier molecular flexibility index (Phi) is 3.48. The third kappa shape index (κ3) is 2.17. The molecule has 6 heteroatoms. The van der Waals surface area contributed by atoms with Gasteiger partial charge in [-0.1, -0.05) is 0 Å². The molecule has 2 saturated heterocycles. The predicted molar refractivity (Wildman–Crippen MR) is 88.2 cm³/mol. The summed E-state index contributed by atoms with van der Waals surface area (Å²) in [5, 5.41) is 3.22. The minimum absolute atomic E-state index is 0.206. The Labute approximate surface area is 134 Å². The van der Waals surface area contributed by atoms with Gasteiger partial charge in [0.1, 0.15) is 17.0 Å². The second-order valence-corrected chi connectivity index (χ2v) is 7.06. The second-order valence-electron chi connectivity index (χ2n) is 6.16. The van der Waals surface area contributed by atoms with Crippen LogP contribution in [0.25, 0.3) is 10.2 Å². The maximum absolute atomic E-state index is 11.9. The molecule has 22 heavy (non-hydrogen) atoms. The van der Waals surface area contributed by atoms with Crippen LogP contribution in [0.15, 0.2) is 17.8 Å². The van der Waals surface area contributed by atoms with Crippen molar-refractivity contribution in [2.24, 2.45) is 0 Å². The van der Waals surface area contributed by atoms with Crippen LogP contribution < -0.4 is 4.90 Å². The van der Waals surface area contributed by atoms with Crippen LogP contribution in [-0.4, -0.2) is 45.9 Å². The number of aromatic nitrogens is 2. The number of anilines is 1. The Morgan fingerprint density at radius 3 is 2.91 bits per heavy atom. The molecular weight excluding hydrogens is 296 g/mol. The minimum Gasteiger partial charge on any atom is -0.351 e. The molecule has 0 bridgehead atoms. The normalized spacial score (nSPS) is 25.3. The average molecular weight is 316 g/mol. The summed E-state index contributed by atoms with van der Waals surface area (Å²) < 4.78 is 0. The maximum atomic E-state index is 11.9. The number of hydrogen-bond donors (Lipinski definition) is 0. The van der Waals surface area contributed by atoms with Crippen molar-refractivity contribution in [3.8, 4) is 0 Å². The van der Waals surface area contributed by atoms with Crippen molar-refractivity contribution < 1.29 is 4.79 Å². The summed E-state index contributed by atoms with van der Waals surface area (Å²) in [6.07, 6.45) is 6.21. The topological polar surface area (TPSA) is 49.3 Å². The third-order valence-electron chi connectivity index (χ3n) is 4.96. The minimum atomic E-state index is 0.206. The number of rotatable bonds is 2. The summed E-state index contributed by atoms with van der Waals surface area (Å²) in [7, 11) is 0. The molecule has 2 aliphatic rings. The van der Waals surface area contributed by atoms with Crippen LogP contribution in [0.3, 0.4) is 0 Å². The molecule has 0 unspecified atom stereocenters. The first-order valence-electron chi connectivity index (χ1n) is 7.98. The van der Waals surface area contributed by atoms with E-state index in [9.17, 15) is 4.79 Å². The number of thiophene rings is 1. The number of nitrogens with zero attached hydrogens (tertiary/aromatic N) is 4. The van der Waals surface area contributed by atoms with Gasteiger partial charge in [0.15, 0.2) is 0 Å². The van der Waals surface area contributed by atoms with Gasteiger partial charge in [0.05, 0.1) is 17.5 Å². The summed E-state index contributed by atoms with van der Waals surface area (Å²) in [5.74, 6) is 1.25. The van der Waals surface area contributed by atoms with Gasteiger partial charge < -0.3 is 9.80 Å². The molecule has 0 N–H and O–H groups in total. The molecule has 2 aromatic heterocycles. The van der Waals surface area contributed by atoms with Crippen LogP contribution in [0, 0.1) is 0 Å². The van der Waals surface area contributed by atoms with E-state index in [0.717, 1.165) is 48.4 Å². The fourth-order valence-electron chi connectivity index (χ4n) is 4.04. The Hall–Kier alpha value is -1.69. The van der Waals surface area contributed by atoms with E-state index in [1.807, 2.05) is 0 Å². The van der Waals surface area contributed by atoms with E-state index in [4.69, 9.17) is 0 Å². The summed E-state index contributed by atoms with van der Waals surface area (Å²) >= 11 is 1.66. The second kappa shape index (κ2) is 5.50. The Morgan fingerprint density at radius 2 is 2.05 bits per heavy atom. The molecule has 2 fully saturated rings. The van der Waals surface area contributed by atoms with Crippen molar-refractivity contribution in [3.05, 3.63) is 17.8 Å². The zero-order valence-corrected chi connectivity index (χ0v) is 13.6. The van der Waals surface area contributed by atoms with Gasteiger partial charge in [-0.05, 0) is 37.1 Å². The highest BCUT2D eigenvalue weighted by Crippen LogP contribution is 2.36. The molecule has 2 aromatic rings. The molecule has 5 nitrogen and oxygen atoms in total. The average Bonchev–Trinajstić information content (AvgIpc) is 3.25. The largest absolute Gasteiger partial charge is 0.351 e. The van der Waals surface area contributed by atoms with E-state index in [0.29, 0.717) is 12.1 Å². The van der Waals surface area contributed by atoms with Crippen molar-refractivity contribution in [3.63, 3.8) is 0 Å². The van der Waals surface area contributed by atoms with Crippen molar-refractivity contribution in [2.75, 3.05) is 18.0 Å². The van der Waals surface area contributed by atoms with E-state index >= 15 is 0 Å². The van der Waals surface area contributed by atoms with E-state index in [-0.39, 0.29) is 5.91 Å². The van der Waals surface area contributed by atoms with Crippen LogP contribution >= 0.6 is 11.3 Å². The van der Waals surface area contributed by atoms with Crippen LogP contribution in [0.4, 0.5) is 5.82 Å². The standard InChI is InChI=1S/C16H20N4OS/c1-11(21)19-7-2-4-13(19)14-5-3-8-20(14)15-12-6-9-22-16(12)18-10-17-15/h6,9-10,13-14H,2-5,7-8H2,1H3/t13-,14-/m0/s1. The first-order valence-corrected chi connectivity index (χ1v) is 8.86. The van der Waals surface area contributed by atoms with Crippen molar-refractivity contribution >= 4 is 33.3 Å². The fraction of sp³-hybridized carbons (Fsp3) is 0.562. The van der Waals surface area contributed by atoms with Gasteiger partial charge in [-0.25, -0.2) is 9.97 Å². The molecule has 0 aromatic carbocycles. The first kappa shape index (κ1) is 13.9. The highest BCUT2D eigenvalue weighted by atomic mass is 32.1. The van der Waals surface area contributed by atoms with Gasteiger partial charge in [-0.15, -0.1) is 11.3 Å². The number of amides is 1. The van der Waals surface area contributed by atoms with Crippen LogP contribution in [-0.2, 0) is 4.79 Å². The van der Waals surface area contributed by atoms with Crippen LogP contribution in [0.2, 0.25) is 0 Å². The lowest BCUT2D eigenvalue weighted by Gasteiger charge is -2.35. The van der Waals surface area contributed by atoms with E-state index in [2.05, 4.69) is 31.2 Å². The number of likely N-dealkylation sites (tertiary alicyclic amines) is 1. The summed E-state index contributed by atoms with van der Waals surface area (Å²) in [6, 6.07) is 2.84. The number of fused-ring (bicyclic) bond motifs is 1. The van der Waals surface area contributed by atoms with Crippen molar-refractivity contribution in [1.82, 2.24) is 14.9 Å². The van der Waals surface area contributed by atoms with Crippen molar-refractivity contribution in [2.45, 2.75) is 44.7 Å². The number of carbonyl (C=O) groups excluding carboxylic acids is 1. The quantitative estimate of drug-likeness (QED) is 0.855. The fourth-order valence-corrected chi connectivity index (χ4v) is 4.77. The maximum Gasteiger partial charge on any atom is 0.219 e. The summed E-state index contributed by atoms with van der Waals surface area (Å²) in [6.45, 7) is 3.62. The first-order chi connectivity index (χ1) is 10.8. The van der Waals surface area contributed by atoms with Crippen LogP contribution in [0.5, 0.6) is 0 Å². The highest BCUT2D eigenvalue weighted by Gasteiger charge is 2.39. The van der Waals surface area contributed by atoms with Gasteiger partial charge in [-0.2, -0.15) is 0 Å². The van der Waals surface area contributed by atoms with Crippen molar-refractivity contribution in [1.29, 1.82) is 0 Å². The van der Waals surface area contributed by atoms with Gasteiger partial charge in [0.25, 0.3) is 0 Å². The van der Waals surface area contributed by atoms with E-state index < -0.39 is 0 Å². The third-order valence-corrected chi connectivity index (χ3v) is 5.78. The number of carbonyl (C=O) groups is 1. The van der Waals surface area contributed by atoms with Gasteiger partial charge in [0.2, 0.25) is 5.91 Å². The zero-order valence-electron chi connectivity index (χ0n) is 12.7. The van der Waals surface area contributed by atoms with Crippen LogP contribution in [0.1, 0.15) is 32.6 Å². The molecule has 0 aliphatic carbocycles. The Balaban J connectivity index is 1.69. The Morgan fingerprint density at radius 1 is 1.23 bits per heavy atom. The molecule has 2 atom stereocenters. The van der Waals surface area contributed by atoms with Gasteiger partial charge in [-0.3, -0.25) is 4.79 Å². The summed E-state index contributed by atoms with van der Waals surface area (Å²) in [5.41, 5.74) is 0. The lowest BCUT2D eigenvalue weighted by molar-refractivity contribution is -0.129. The molecule has 0 spiro atoms. The molecule has 1 amide bonds. The molecular formula is C16H20N4OS. The smallest absolute Gasteiger partial charge is 0.219 e. The Bertz CT molecular complexity index is 700. The lowest BCUT2D eigenvalue weighted by atomic mass is 10.0. The number of hydrogen-bond acceptors (Lipinski definition) is 5. The van der Waals surface area contributed by atoms with Gasteiger partial charge >= 0.3 is 0 Å². The predicted octanol–water partition coefficient (Wildman–Crippen LogP) is 2.67. The lowest BCUT2D eigenvalue weighted by Crippen LogP contribution is -2.48. The SMILES string of the molecule is CC(=O)N1CCC[C@H]1[C@@H]1CCCN1c1ncnc2sccc12. The van der Waals surface area contributed by atoms with Gasteiger partial charge in [0, 0.05) is 20.0 Å². The molecule has 4 rings (SSSR count). The highest BCUT2D eigenvalue weighted by molar-refractivity contribution is 7.16. The monoisotopic (exact) mass is 316 g/mol. The zero-order chi connectivity index (χ0) is 15.1. The van der Waals surface area contributed by atoms with E-state index in [1.54, 1.807) is 24.6 Å². The molecule has 2 aliphatic heterocycles. The molecule has 0 saturated carbocycles. The molecule has 4 heterocycles. The summed E-state index contributed by atoms with van der Waals surface area (Å²) in [4.78, 5) is 26.4. The van der Waals surface area contributed by atoms with E-state index in [1.165, 1.54) is 6.42 Å². The molecule has 0 radical (unpaired) electrons. The molecule has 116 valence electrons.